The van der Waals surface area contributed by atoms with Crippen LogP contribution in [0.4, 0.5) is 37.0 Å². The summed E-state index contributed by atoms with van der Waals surface area (Å²) in [5, 5.41) is 9.34. The van der Waals surface area contributed by atoms with Crippen molar-refractivity contribution in [1.82, 2.24) is 9.88 Å². The summed E-state index contributed by atoms with van der Waals surface area (Å²) in [6.07, 6.45) is -10.5. The van der Waals surface area contributed by atoms with Crippen molar-refractivity contribution >= 4 is 17.9 Å². The number of halogens is 6. The van der Waals surface area contributed by atoms with Crippen LogP contribution in [0.2, 0.25) is 0 Å². The van der Waals surface area contributed by atoms with Crippen LogP contribution in [0, 0.1) is 5.92 Å². The monoisotopic (exact) mass is 663 g/mol. The van der Waals surface area contributed by atoms with E-state index >= 15 is 0 Å². The van der Waals surface area contributed by atoms with Crippen molar-refractivity contribution in [2.45, 2.75) is 63.1 Å². The molecule has 3 aromatic rings. The summed E-state index contributed by atoms with van der Waals surface area (Å²) >= 11 is 0. The van der Waals surface area contributed by atoms with Gasteiger partial charge in [0.25, 0.3) is 0 Å². The number of amides is 1. The number of benzene rings is 2. The normalized spacial score (nSPS) is 22.9. The number of carbonyl (C=O) groups excluding carboxylic acids is 1. The zero-order valence-electron chi connectivity index (χ0n) is 25.4. The number of carbonyl (C=O) groups is 2. The van der Waals surface area contributed by atoms with Gasteiger partial charge in [0.15, 0.2) is 0 Å². The first kappa shape index (κ1) is 32.5. The van der Waals surface area contributed by atoms with Gasteiger partial charge in [-0.3, -0.25) is 9.69 Å². The van der Waals surface area contributed by atoms with Crippen LogP contribution < -0.4 is 9.64 Å². The molecule has 6 rings (SSSR count). The molecule has 2 aliphatic heterocycles. The topological polar surface area (TPSA) is 92.2 Å². The van der Waals surface area contributed by atoms with Gasteiger partial charge in [0.05, 0.1) is 42.4 Å². The van der Waals surface area contributed by atoms with Gasteiger partial charge in [0.2, 0.25) is 0 Å². The highest BCUT2D eigenvalue weighted by Crippen LogP contribution is 2.46. The number of ether oxygens (including phenoxy) is 2. The predicted octanol–water partition coefficient (Wildman–Crippen LogP) is 7.67. The van der Waals surface area contributed by atoms with Gasteiger partial charge in [0, 0.05) is 24.2 Å². The number of alkyl halides is 6. The molecule has 2 aromatic carbocycles. The minimum atomic E-state index is -5.06. The van der Waals surface area contributed by atoms with Crippen LogP contribution in [-0.2, 0) is 28.4 Å². The van der Waals surface area contributed by atoms with Crippen molar-refractivity contribution in [1.29, 1.82) is 0 Å². The molecule has 0 radical (unpaired) electrons. The van der Waals surface area contributed by atoms with Crippen molar-refractivity contribution in [3.05, 3.63) is 76.5 Å². The molecule has 2 unspecified atom stereocenters. The van der Waals surface area contributed by atoms with Crippen LogP contribution >= 0.6 is 0 Å². The molecule has 47 heavy (non-hydrogen) atoms. The first-order valence-electron chi connectivity index (χ1n) is 15.1. The second kappa shape index (κ2) is 11.9. The number of anilines is 1. The summed E-state index contributed by atoms with van der Waals surface area (Å²) in [6, 6.07) is 9.47. The van der Waals surface area contributed by atoms with Gasteiger partial charge < -0.3 is 19.5 Å². The second-order valence-electron chi connectivity index (χ2n) is 12.2. The van der Waals surface area contributed by atoms with E-state index in [1.807, 2.05) is 29.2 Å². The molecule has 1 saturated carbocycles. The predicted molar refractivity (Wildman–Crippen MR) is 157 cm³/mol. The molecule has 1 N–H and O–H groups in total. The Hall–Kier alpha value is -4.49. The molecule has 3 heterocycles. The van der Waals surface area contributed by atoms with E-state index in [0.717, 1.165) is 25.1 Å². The fourth-order valence-electron chi connectivity index (χ4n) is 6.32. The number of carboxylic acids is 1. The lowest BCUT2D eigenvalue weighted by molar-refractivity contribution is -0.145. The third kappa shape index (κ3) is 6.29. The number of cyclic esters (lactones) is 1. The first-order chi connectivity index (χ1) is 22.1. The smallest absolute Gasteiger partial charge is 0.416 e. The lowest BCUT2D eigenvalue weighted by Crippen LogP contribution is -2.38. The van der Waals surface area contributed by atoms with E-state index in [2.05, 4.69) is 0 Å². The Bertz CT molecular complexity index is 1670. The van der Waals surface area contributed by atoms with Crippen LogP contribution in [0.15, 0.2) is 48.5 Å². The fraction of sp³-hybridized carbons (Fsp3) is 0.424. The number of hydrogen-bond donors (Lipinski definition) is 1. The van der Waals surface area contributed by atoms with Crippen LogP contribution in [0.5, 0.6) is 5.75 Å². The van der Waals surface area contributed by atoms with E-state index in [1.54, 1.807) is 6.07 Å². The molecule has 3 fully saturated rings. The van der Waals surface area contributed by atoms with E-state index in [-0.39, 0.29) is 18.5 Å². The maximum atomic E-state index is 13.6. The second-order valence-corrected chi connectivity index (χ2v) is 12.2. The van der Waals surface area contributed by atoms with Gasteiger partial charge in [-0.15, -0.1) is 0 Å². The van der Waals surface area contributed by atoms with Crippen LogP contribution in [-0.4, -0.2) is 53.3 Å². The molecule has 1 amide bonds. The fourth-order valence-corrected chi connectivity index (χ4v) is 6.32. The Labute approximate surface area is 265 Å². The Morgan fingerprint density at radius 1 is 0.957 bits per heavy atom. The average molecular weight is 664 g/mol. The van der Waals surface area contributed by atoms with Crippen molar-refractivity contribution < 1.29 is 50.5 Å². The summed E-state index contributed by atoms with van der Waals surface area (Å²) in [7, 11) is 1.50. The minimum absolute atomic E-state index is 0.0286. The molecular weight excluding hydrogens is 632 g/mol. The van der Waals surface area contributed by atoms with E-state index in [4.69, 9.17) is 14.5 Å². The van der Waals surface area contributed by atoms with Gasteiger partial charge in [-0.1, -0.05) is 6.07 Å². The Kier molecular flexibility index (Phi) is 8.25. The molecule has 0 bridgehead atoms. The molecule has 250 valence electrons. The third-order valence-electron chi connectivity index (χ3n) is 9.26. The molecule has 1 aromatic heterocycles. The van der Waals surface area contributed by atoms with Crippen molar-refractivity contribution in [3.8, 4) is 16.9 Å². The minimum Gasteiger partial charge on any atom is -0.496 e. The average Bonchev–Trinajstić information content (AvgIpc) is 3.23. The van der Waals surface area contributed by atoms with Gasteiger partial charge in [-0.05, 0) is 85.7 Å². The number of hydrogen-bond acceptors (Lipinski definition) is 6. The quantitative estimate of drug-likeness (QED) is 0.248. The highest BCUT2D eigenvalue weighted by molar-refractivity contribution is 5.77. The molecule has 2 atom stereocenters. The SMILES string of the molecule is COc1ccc(C2CC(C(=O)O)C2)cc1-c1ccc(N2CCC2)nc1CN1C(=O)OC(c2cc(C(F)(F)F)cc(C(F)(F)F)c2)C1C. The summed E-state index contributed by atoms with van der Waals surface area (Å²) in [5.41, 5.74) is -0.837. The van der Waals surface area contributed by atoms with Gasteiger partial charge in [-0.2, -0.15) is 26.3 Å². The Morgan fingerprint density at radius 2 is 1.62 bits per heavy atom. The molecule has 8 nitrogen and oxygen atoms in total. The highest BCUT2D eigenvalue weighted by atomic mass is 19.4. The third-order valence-corrected chi connectivity index (χ3v) is 9.26. The van der Waals surface area contributed by atoms with Crippen LogP contribution in [0.3, 0.4) is 0 Å². The van der Waals surface area contributed by atoms with Crippen LogP contribution in [0.1, 0.15) is 66.2 Å². The summed E-state index contributed by atoms with van der Waals surface area (Å²) < 4.78 is 92.6. The summed E-state index contributed by atoms with van der Waals surface area (Å²) in [6.45, 7) is 2.89. The number of methoxy groups -OCH3 is 1. The van der Waals surface area contributed by atoms with Gasteiger partial charge in [-0.25, -0.2) is 9.78 Å². The lowest BCUT2D eigenvalue weighted by Gasteiger charge is -2.34. The maximum absolute atomic E-state index is 13.6. The Balaban J connectivity index is 1.36. The standard InChI is InChI=1S/C33H31F6N3O5/c1-17-29(20-12-22(32(34,35)36)15-23(13-20)33(37,38)39)47-31(45)42(17)16-26-24(5-7-28(40-26)41-8-3-9-41)25-14-18(4-6-27(25)46-2)19-10-21(11-19)30(43)44/h4-7,12-15,17,19,21,29H,3,8-11,16H2,1-2H3,(H,43,44). The maximum Gasteiger partial charge on any atom is 0.416 e. The van der Waals surface area contributed by atoms with E-state index < -0.39 is 59.2 Å². The highest BCUT2D eigenvalue weighted by Gasteiger charge is 2.44. The van der Waals surface area contributed by atoms with Crippen molar-refractivity contribution in [2.24, 2.45) is 5.92 Å². The summed E-state index contributed by atoms with van der Waals surface area (Å²) in [4.78, 5) is 32.7. The van der Waals surface area contributed by atoms with Gasteiger partial charge in [0.1, 0.15) is 17.7 Å². The zero-order chi connectivity index (χ0) is 33.8. The molecular formula is C33H31F6N3O5. The molecule has 0 spiro atoms. The number of carboxylic acid groups (broad SMARTS) is 1. The zero-order valence-corrected chi connectivity index (χ0v) is 25.4. The van der Waals surface area contributed by atoms with E-state index in [9.17, 15) is 41.0 Å². The molecule has 3 aliphatic rings. The van der Waals surface area contributed by atoms with Crippen LogP contribution in [0.25, 0.3) is 11.1 Å². The van der Waals surface area contributed by atoms with Crippen molar-refractivity contribution in [2.75, 3.05) is 25.1 Å². The van der Waals surface area contributed by atoms with Gasteiger partial charge >= 0.3 is 24.4 Å². The largest absolute Gasteiger partial charge is 0.496 e. The number of pyridine rings is 1. The first-order valence-corrected chi connectivity index (χ1v) is 15.1. The number of aromatic nitrogens is 1. The van der Waals surface area contributed by atoms with E-state index in [1.165, 1.54) is 18.9 Å². The molecule has 1 aliphatic carbocycles. The van der Waals surface area contributed by atoms with Crippen molar-refractivity contribution in [3.63, 3.8) is 0 Å². The Morgan fingerprint density at radius 3 is 2.17 bits per heavy atom. The molecule has 2 saturated heterocycles. The number of rotatable bonds is 8. The van der Waals surface area contributed by atoms with E-state index in [0.29, 0.717) is 53.4 Å². The summed E-state index contributed by atoms with van der Waals surface area (Å²) in [5.74, 6) is -0.0778. The molecule has 14 heteroatoms. The number of aliphatic carboxylic acids is 1. The lowest BCUT2D eigenvalue weighted by atomic mass is 9.71. The number of nitrogens with zero attached hydrogens (tertiary/aromatic N) is 3.